The molecule has 2 unspecified atom stereocenters. The van der Waals surface area contributed by atoms with E-state index >= 15 is 0 Å². The molecule has 3 heterocycles. The summed E-state index contributed by atoms with van der Waals surface area (Å²) in [7, 11) is 1.75. The normalized spacial score (nSPS) is 25.6. The Morgan fingerprint density at radius 1 is 1.30 bits per heavy atom. The zero-order valence-corrected chi connectivity index (χ0v) is 12.0. The van der Waals surface area contributed by atoms with Crippen LogP contribution in [-0.4, -0.2) is 32.3 Å². The molecule has 0 spiro atoms. The van der Waals surface area contributed by atoms with Crippen molar-refractivity contribution in [1.82, 2.24) is 19.2 Å². The van der Waals surface area contributed by atoms with Gasteiger partial charge in [-0.1, -0.05) is 6.42 Å². The molecule has 2 fully saturated rings. The molecule has 1 aliphatic heterocycles. The molecule has 2 atom stereocenters. The van der Waals surface area contributed by atoms with Gasteiger partial charge in [-0.2, -0.15) is 9.66 Å². The van der Waals surface area contributed by atoms with Crippen LogP contribution in [-0.2, 0) is 7.05 Å². The van der Waals surface area contributed by atoms with Gasteiger partial charge in [0.15, 0.2) is 5.65 Å². The van der Waals surface area contributed by atoms with Crippen LogP contribution in [0.2, 0.25) is 5.28 Å². The van der Waals surface area contributed by atoms with E-state index in [2.05, 4.69) is 15.0 Å². The number of imidazole rings is 1. The Hall–Kier alpha value is -1.56. The fourth-order valence-corrected chi connectivity index (χ4v) is 3.83. The van der Waals surface area contributed by atoms with Crippen molar-refractivity contribution < 1.29 is 0 Å². The van der Waals surface area contributed by atoms with Crippen LogP contribution < -0.4 is 10.7 Å². The van der Waals surface area contributed by atoms with Gasteiger partial charge in [0.25, 0.3) is 0 Å². The molecule has 0 bridgehead atoms. The van der Waals surface area contributed by atoms with E-state index in [1.165, 1.54) is 19.3 Å². The van der Waals surface area contributed by atoms with Gasteiger partial charge in [-0.3, -0.25) is 4.57 Å². The first-order valence-electron chi connectivity index (χ1n) is 7.00. The molecule has 7 heteroatoms. The molecule has 1 aliphatic carbocycles. The number of hydrogen-bond donors (Lipinski definition) is 0. The summed E-state index contributed by atoms with van der Waals surface area (Å²) >= 11 is 5.89. The molecule has 0 N–H and O–H groups in total. The van der Waals surface area contributed by atoms with Crippen LogP contribution in [0.15, 0.2) is 11.0 Å². The molecular weight excluding hydrogens is 278 g/mol. The SMILES string of the molecule is Cn1c(=O)n(N2CC3CCCC3C2)c2nc(Cl)ncc21. The van der Waals surface area contributed by atoms with Gasteiger partial charge < -0.3 is 5.01 Å². The van der Waals surface area contributed by atoms with Gasteiger partial charge in [0, 0.05) is 20.1 Å². The molecule has 0 aromatic carbocycles. The van der Waals surface area contributed by atoms with E-state index in [0.29, 0.717) is 5.65 Å². The molecule has 0 amide bonds. The summed E-state index contributed by atoms with van der Waals surface area (Å²) in [5.74, 6) is 1.43. The summed E-state index contributed by atoms with van der Waals surface area (Å²) in [6.07, 6.45) is 5.48. The van der Waals surface area contributed by atoms with Gasteiger partial charge >= 0.3 is 5.69 Å². The van der Waals surface area contributed by atoms with Crippen molar-refractivity contribution in [1.29, 1.82) is 0 Å². The van der Waals surface area contributed by atoms with Crippen LogP contribution in [0.5, 0.6) is 0 Å². The van der Waals surface area contributed by atoms with Gasteiger partial charge in [-0.25, -0.2) is 9.78 Å². The monoisotopic (exact) mass is 293 g/mol. The second-order valence-electron chi connectivity index (χ2n) is 5.82. The highest BCUT2D eigenvalue weighted by molar-refractivity contribution is 6.28. The second-order valence-corrected chi connectivity index (χ2v) is 6.16. The maximum absolute atomic E-state index is 12.5. The molecule has 1 saturated heterocycles. The molecule has 106 valence electrons. The summed E-state index contributed by atoms with van der Waals surface area (Å²) in [4.78, 5) is 20.7. The average Bonchev–Trinajstić information content (AvgIpc) is 3.04. The Balaban J connectivity index is 1.85. The van der Waals surface area contributed by atoms with Crippen molar-refractivity contribution >= 4 is 22.8 Å². The molecule has 6 nitrogen and oxygen atoms in total. The van der Waals surface area contributed by atoms with Crippen molar-refractivity contribution in [2.75, 3.05) is 18.1 Å². The van der Waals surface area contributed by atoms with Crippen molar-refractivity contribution in [2.24, 2.45) is 18.9 Å². The smallest absolute Gasteiger partial charge is 0.306 e. The van der Waals surface area contributed by atoms with E-state index in [0.717, 1.165) is 30.4 Å². The summed E-state index contributed by atoms with van der Waals surface area (Å²) in [6.45, 7) is 1.87. The van der Waals surface area contributed by atoms with Crippen LogP contribution in [0.4, 0.5) is 0 Å². The Morgan fingerprint density at radius 2 is 2.00 bits per heavy atom. The highest BCUT2D eigenvalue weighted by atomic mass is 35.5. The van der Waals surface area contributed by atoms with Crippen LogP contribution in [0.3, 0.4) is 0 Å². The second kappa shape index (κ2) is 4.22. The minimum Gasteiger partial charge on any atom is -0.306 e. The van der Waals surface area contributed by atoms with Gasteiger partial charge in [0.1, 0.15) is 5.52 Å². The Bertz CT molecular complexity index is 724. The Kier molecular flexibility index (Phi) is 2.57. The first kappa shape index (κ1) is 12.2. The lowest BCUT2D eigenvalue weighted by molar-refractivity contribution is 0.494. The fraction of sp³-hybridized carbons (Fsp3) is 0.615. The van der Waals surface area contributed by atoms with E-state index in [-0.39, 0.29) is 11.0 Å². The standard InChI is InChI=1S/C13H16ClN5O/c1-17-10-5-15-12(14)16-11(10)19(13(17)20)18-6-8-3-2-4-9(8)7-18/h5,8-9H,2-4,6-7H2,1H3. The number of halogens is 1. The first-order chi connectivity index (χ1) is 9.65. The van der Waals surface area contributed by atoms with Crippen LogP contribution in [0.1, 0.15) is 19.3 Å². The predicted octanol–water partition coefficient (Wildman–Crippen LogP) is 1.15. The maximum atomic E-state index is 12.5. The van der Waals surface area contributed by atoms with E-state index in [9.17, 15) is 4.79 Å². The Labute approximate surface area is 121 Å². The molecule has 2 aromatic heterocycles. The van der Waals surface area contributed by atoms with Crippen LogP contribution in [0.25, 0.3) is 11.2 Å². The van der Waals surface area contributed by atoms with Gasteiger partial charge in [-0.15, -0.1) is 0 Å². The summed E-state index contributed by atoms with van der Waals surface area (Å²) in [5.41, 5.74) is 1.26. The number of aromatic nitrogens is 4. The fourth-order valence-electron chi connectivity index (χ4n) is 3.70. The maximum Gasteiger partial charge on any atom is 0.349 e. The third-order valence-corrected chi connectivity index (χ3v) is 4.92. The summed E-state index contributed by atoms with van der Waals surface area (Å²) < 4.78 is 3.26. The van der Waals surface area contributed by atoms with Crippen LogP contribution >= 0.6 is 11.6 Å². The number of aryl methyl sites for hydroxylation is 1. The number of hydrogen-bond acceptors (Lipinski definition) is 4. The summed E-state index contributed by atoms with van der Waals surface area (Å²) in [6, 6.07) is 0. The topological polar surface area (TPSA) is 56.0 Å². The minimum absolute atomic E-state index is 0.0726. The predicted molar refractivity (Wildman–Crippen MR) is 76.6 cm³/mol. The Morgan fingerprint density at radius 3 is 2.70 bits per heavy atom. The van der Waals surface area contributed by atoms with E-state index in [1.54, 1.807) is 22.5 Å². The van der Waals surface area contributed by atoms with E-state index in [4.69, 9.17) is 11.6 Å². The zero-order valence-electron chi connectivity index (χ0n) is 11.3. The largest absolute Gasteiger partial charge is 0.349 e. The average molecular weight is 294 g/mol. The van der Waals surface area contributed by atoms with Gasteiger partial charge in [0.2, 0.25) is 5.28 Å². The minimum atomic E-state index is -0.0726. The molecule has 2 aromatic rings. The molecular formula is C13H16ClN5O. The molecule has 0 radical (unpaired) electrons. The quantitative estimate of drug-likeness (QED) is 0.740. The molecule has 20 heavy (non-hydrogen) atoms. The van der Waals surface area contributed by atoms with Gasteiger partial charge in [0.05, 0.1) is 6.20 Å². The lowest BCUT2D eigenvalue weighted by Gasteiger charge is -2.19. The summed E-state index contributed by atoms with van der Waals surface area (Å²) in [5, 5.41) is 2.30. The highest BCUT2D eigenvalue weighted by Crippen LogP contribution is 2.37. The lowest BCUT2D eigenvalue weighted by Crippen LogP contribution is -2.41. The van der Waals surface area contributed by atoms with Crippen LogP contribution in [0, 0.1) is 11.8 Å². The van der Waals surface area contributed by atoms with Crippen molar-refractivity contribution in [3.8, 4) is 0 Å². The van der Waals surface area contributed by atoms with Crippen molar-refractivity contribution in [2.45, 2.75) is 19.3 Å². The highest BCUT2D eigenvalue weighted by Gasteiger charge is 2.37. The lowest BCUT2D eigenvalue weighted by atomic mass is 10.0. The van der Waals surface area contributed by atoms with Crippen molar-refractivity contribution in [3.05, 3.63) is 22.0 Å². The molecule has 4 rings (SSSR count). The van der Waals surface area contributed by atoms with Gasteiger partial charge in [-0.05, 0) is 36.3 Å². The number of fused-ring (bicyclic) bond motifs is 2. The van der Waals surface area contributed by atoms with E-state index < -0.39 is 0 Å². The van der Waals surface area contributed by atoms with E-state index in [1.807, 2.05) is 0 Å². The molecule has 2 aliphatic rings. The third kappa shape index (κ3) is 1.60. The third-order valence-electron chi connectivity index (χ3n) is 4.74. The first-order valence-corrected chi connectivity index (χ1v) is 7.38. The molecule has 1 saturated carbocycles. The number of nitrogens with zero attached hydrogens (tertiary/aromatic N) is 5. The number of rotatable bonds is 1. The zero-order chi connectivity index (χ0) is 13.9. The van der Waals surface area contributed by atoms with Crippen molar-refractivity contribution in [3.63, 3.8) is 0 Å².